The monoisotopic (exact) mass is 298 g/mol. The van der Waals surface area contributed by atoms with E-state index in [1.54, 1.807) is 4.68 Å². The normalized spacial score (nSPS) is 12.6. The molecule has 114 valence electrons. The van der Waals surface area contributed by atoms with E-state index in [2.05, 4.69) is 25.6 Å². The molecule has 2 aromatic heterocycles. The van der Waals surface area contributed by atoms with Gasteiger partial charge in [0.15, 0.2) is 0 Å². The molecule has 0 saturated heterocycles. The van der Waals surface area contributed by atoms with Crippen molar-refractivity contribution >= 4 is 5.91 Å². The number of hydrogen-bond donors (Lipinski definition) is 2. The van der Waals surface area contributed by atoms with Gasteiger partial charge in [0.25, 0.3) is 12.3 Å². The highest BCUT2D eigenvalue weighted by Crippen LogP contribution is 2.18. The van der Waals surface area contributed by atoms with Gasteiger partial charge in [0.1, 0.15) is 23.5 Å². The molecule has 0 aromatic carbocycles. The number of aryl methyl sites for hydroxylation is 1. The van der Waals surface area contributed by atoms with Crippen LogP contribution in [0.3, 0.4) is 0 Å². The second-order valence-electron chi connectivity index (χ2n) is 4.38. The quantitative estimate of drug-likeness (QED) is 0.851. The number of aromatic nitrogens is 5. The average Bonchev–Trinajstić information content (AvgIpc) is 3.12. The highest BCUT2D eigenvalue weighted by molar-refractivity contribution is 5.92. The van der Waals surface area contributed by atoms with Crippen LogP contribution in [0.4, 0.5) is 8.78 Å². The van der Waals surface area contributed by atoms with E-state index < -0.39 is 12.3 Å². The minimum atomic E-state index is -2.69. The van der Waals surface area contributed by atoms with Crippen LogP contribution in [0.5, 0.6) is 0 Å². The third kappa shape index (κ3) is 3.23. The fourth-order valence-corrected chi connectivity index (χ4v) is 1.93. The number of alkyl halides is 2. The van der Waals surface area contributed by atoms with Gasteiger partial charge in [0.2, 0.25) is 0 Å². The number of halogens is 2. The first-order valence-corrected chi connectivity index (χ1v) is 6.58. The molecule has 1 amide bonds. The van der Waals surface area contributed by atoms with Gasteiger partial charge in [-0.2, -0.15) is 10.2 Å². The van der Waals surface area contributed by atoms with Gasteiger partial charge in [-0.05, 0) is 19.4 Å². The lowest BCUT2D eigenvalue weighted by Gasteiger charge is -2.16. The van der Waals surface area contributed by atoms with E-state index in [-0.39, 0.29) is 17.4 Å². The van der Waals surface area contributed by atoms with Gasteiger partial charge >= 0.3 is 0 Å². The van der Waals surface area contributed by atoms with Gasteiger partial charge in [-0.25, -0.2) is 18.4 Å². The van der Waals surface area contributed by atoms with Crippen molar-refractivity contribution in [1.29, 1.82) is 0 Å². The summed E-state index contributed by atoms with van der Waals surface area (Å²) >= 11 is 0. The molecule has 0 aliphatic heterocycles. The SMILES string of the molecule is CC[C@H](NC(=O)c1cc(C(F)F)[nH]n1)c1ncnn1CC. The molecular formula is C12H16F2N6O. The summed E-state index contributed by atoms with van der Waals surface area (Å²) in [5, 5.41) is 12.5. The van der Waals surface area contributed by atoms with E-state index >= 15 is 0 Å². The maximum Gasteiger partial charge on any atom is 0.279 e. The number of hydrogen-bond acceptors (Lipinski definition) is 4. The molecule has 0 unspecified atom stereocenters. The van der Waals surface area contributed by atoms with Crippen LogP contribution >= 0.6 is 0 Å². The van der Waals surface area contributed by atoms with Crippen molar-refractivity contribution in [2.45, 2.75) is 39.3 Å². The molecule has 0 aliphatic carbocycles. The summed E-state index contributed by atoms with van der Waals surface area (Å²) in [4.78, 5) is 16.2. The number of nitrogens with one attached hydrogen (secondary N) is 2. The van der Waals surface area contributed by atoms with Gasteiger partial charge in [0.05, 0.1) is 6.04 Å². The summed E-state index contributed by atoms with van der Waals surface area (Å²) < 4.78 is 26.6. The second-order valence-corrected chi connectivity index (χ2v) is 4.38. The van der Waals surface area contributed by atoms with Crippen LogP contribution in [-0.2, 0) is 6.54 Å². The van der Waals surface area contributed by atoms with Crippen LogP contribution in [0, 0.1) is 0 Å². The van der Waals surface area contributed by atoms with Gasteiger partial charge in [-0.15, -0.1) is 0 Å². The Kier molecular flexibility index (Phi) is 4.61. The third-order valence-electron chi connectivity index (χ3n) is 3.04. The van der Waals surface area contributed by atoms with Crippen LogP contribution in [0.15, 0.2) is 12.4 Å². The number of nitrogens with zero attached hydrogens (tertiary/aromatic N) is 4. The molecule has 7 nitrogen and oxygen atoms in total. The molecule has 2 rings (SSSR count). The molecule has 0 bridgehead atoms. The van der Waals surface area contributed by atoms with Crippen molar-refractivity contribution in [3.63, 3.8) is 0 Å². The highest BCUT2D eigenvalue weighted by Gasteiger charge is 2.21. The van der Waals surface area contributed by atoms with E-state index in [1.165, 1.54) is 6.33 Å². The number of aromatic amines is 1. The van der Waals surface area contributed by atoms with E-state index in [0.717, 1.165) is 6.07 Å². The summed E-state index contributed by atoms with van der Waals surface area (Å²) in [5.74, 6) is 0.0913. The fraction of sp³-hybridized carbons (Fsp3) is 0.500. The Bertz CT molecular complexity index is 608. The lowest BCUT2D eigenvalue weighted by molar-refractivity contribution is 0.0927. The summed E-state index contributed by atoms with van der Waals surface area (Å²) in [7, 11) is 0. The molecule has 9 heteroatoms. The number of carbonyl (C=O) groups is 1. The van der Waals surface area contributed by atoms with Crippen molar-refractivity contribution in [1.82, 2.24) is 30.3 Å². The largest absolute Gasteiger partial charge is 0.341 e. The first kappa shape index (κ1) is 15.1. The van der Waals surface area contributed by atoms with Gasteiger partial charge in [-0.1, -0.05) is 6.92 Å². The Morgan fingerprint density at radius 1 is 1.48 bits per heavy atom. The first-order chi connectivity index (χ1) is 10.1. The molecule has 0 saturated carbocycles. The van der Waals surface area contributed by atoms with E-state index in [1.807, 2.05) is 13.8 Å². The molecule has 0 radical (unpaired) electrons. The zero-order chi connectivity index (χ0) is 15.4. The van der Waals surface area contributed by atoms with Gasteiger partial charge in [-0.3, -0.25) is 9.89 Å². The fourth-order valence-electron chi connectivity index (χ4n) is 1.93. The highest BCUT2D eigenvalue weighted by atomic mass is 19.3. The van der Waals surface area contributed by atoms with Crippen LogP contribution in [-0.4, -0.2) is 30.9 Å². The van der Waals surface area contributed by atoms with Crippen LogP contribution in [0.1, 0.15) is 54.7 Å². The molecule has 21 heavy (non-hydrogen) atoms. The van der Waals surface area contributed by atoms with Gasteiger partial charge < -0.3 is 5.32 Å². The molecule has 2 aromatic rings. The molecule has 2 heterocycles. The van der Waals surface area contributed by atoms with E-state index in [9.17, 15) is 13.6 Å². The smallest absolute Gasteiger partial charge is 0.279 e. The number of H-pyrrole nitrogens is 1. The Hall–Kier alpha value is -2.32. The van der Waals surface area contributed by atoms with Crippen molar-refractivity contribution < 1.29 is 13.6 Å². The Morgan fingerprint density at radius 3 is 2.81 bits per heavy atom. The Morgan fingerprint density at radius 2 is 2.24 bits per heavy atom. The lowest BCUT2D eigenvalue weighted by Crippen LogP contribution is -2.30. The zero-order valence-corrected chi connectivity index (χ0v) is 11.7. The second kappa shape index (κ2) is 6.42. The maximum absolute atomic E-state index is 12.5. The molecule has 0 fully saturated rings. The number of amides is 1. The average molecular weight is 298 g/mol. The summed E-state index contributed by atoms with van der Waals surface area (Å²) in [5.41, 5.74) is -0.462. The van der Waals surface area contributed by atoms with E-state index in [4.69, 9.17) is 0 Å². The topological polar surface area (TPSA) is 88.5 Å². The van der Waals surface area contributed by atoms with Crippen molar-refractivity contribution in [2.24, 2.45) is 0 Å². The standard InChI is InChI=1S/C12H16F2N6O/c1-3-7(11-15-6-16-20(11)4-2)17-12(21)9-5-8(10(13)14)18-19-9/h5-7,10H,3-4H2,1-2H3,(H,17,21)(H,18,19)/t7-/m0/s1. The van der Waals surface area contributed by atoms with Crippen molar-refractivity contribution in [3.05, 3.63) is 29.6 Å². The van der Waals surface area contributed by atoms with Crippen LogP contribution in [0.2, 0.25) is 0 Å². The molecule has 2 N–H and O–H groups in total. The summed E-state index contributed by atoms with van der Waals surface area (Å²) in [6, 6.07) is 0.684. The number of rotatable bonds is 6. The summed E-state index contributed by atoms with van der Waals surface area (Å²) in [6.07, 6.45) is -0.683. The maximum atomic E-state index is 12.5. The van der Waals surface area contributed by atoms with Gasteiger partial charge in [0, 0.05) is 6.54 Å². The minimum absolute atomic E-state index is 0.0775. The minimum Gasteiger partial charge on any atom is -0.341 e. The Balaban J connectivity index is 2.12. The van der Waals surface area contributed by atoms with Crippen LogP contribution < -0.4 is 5.32 Å². The third-order valence-corrected chi connectivity index (χ3v) is 3.04. The molecule has 1 atom stereocenters. The summed E-state index contributed by atoms with van der Waals surface area (Å²) in [6.45, 7) is 4.42. The van der Waals surface area contributed by atoms with E-state index in [0.29, 0.717) is 18.8 Å². The predicted molar refractivity (Wildman–Crippen MR) is 69.7 cm³/mol. The van der Waals surface area contributed by atoms with Crippen molar-refractivity contribution in [3.8, 4) is 0 Å². The Labute approximate surface area is 119 Å². The first-order valence-electron chi connectivity index (χ1n) is 6.58. The predicted octanol–water partition coefficient (Wildman–Crippen LogP) is 1.84. The molecular weight excluding hydrogens is 282 g/mol. The van der Waals surface area contributed by atoms with Crippen LogP contribution in [0.25, 0.3) is 0 Å². The lowest BCUT2D eigenvalue weighted by atomic mass is 10.2. The molecule has 0 aliphatic rings. The molecule has 0 spiro atoms. The van der Waals surface area contributed by atoms with Crippen molar-refractivity contribution in [2.75, 3.05) is 0 Å². The number of carbonyl (C=O) groups excluding carboxylic acids is 1. The zero-order valence-electron chi connectivity index (χ0n) is 11.7.